The van der Waals surface area contributed by atoms with Gasteiger partial charge < -0.3 is 15.5 Å². The van der Waals surface area contributed by atoms with E-state index >= 15 is 0 Å². The number of amides is 1. The van der Waals surface area contributed by atoms with Crippen molar-refractivity contribution in [1.29, 1.82) is 0 Å². The van der Waals surface area contributed by atoms with Crippen molar-refractivity contribution >= 4 is 11.9 Å². The van der Waals surface area contributed by atoms with Crippen molar-refractivity contribution in [2.45, 2.75) is 38.3 Å². The molecule has 3 N–H and O–H groups in total. The number of carbonyl (C=O) groups is 2. The molecule has 1 aliphatic carbocycles. The van der Waals surface area contributed by atoms with Crippen LogP contribution in [-0.2, 0) is 9.59 Å². The minimum Gasteiger partial charge on any atom is -0.480 e. The average Bonchev–Trinajstić information content (AvgIpc) is 2.46. The molecule has 0 saturated heterocycles. The molecule has 1 aliphatic rings. The van der Waals surface area contributed by atoms with Crippen molar-refractivity contribution in [2.24, 2.45) is 5.92 Å². The molecular formula is C9H15NO4. The number of rotatable bonds is 3. The van der Waals surface area contributed by atoms with E-state index in [0.717, 1.165) is 0 Å². The quantitative estimate of drug-likeness (QED) is 0.587. The topological polar surface area (TPSA) is 86.6 Å². The molecule has 0 aromatic rings. The predicted octanol–water partition coefficient (Wildman–Crippen LogP) is -0.263. The molecule has 0 aliphatic heterocycles. The number of hydrogen-bond acceptors (Lipinski definition) is 3. The summed E-state index contributed by atoms with van der Waals surface area (Å²) in [6, 6.07) is -0.857. The van der Waals surface area contributed by atoms with Gasteiger partial charge in [0.25, 0.3) is 0 Å². The highest BCUT2D eigenvalue weighted by atomic mass is 16.4. The lowest BCUT2D eigenvalue weighted by molar-refractivity contribution is -0.143. The van der Waals surface area contributed by atoms with E-state index in [0.29, 0.717) is 19.3 Å². The van der Waals surface area contributed by atoms with Crippen LogP contribution in [0.5, 0.6) is 0 Å². The second kappa shape index (κ2) is 4.41. The fraction of sp³-hybridized carbons (Fsp3) is 0.778. The Morgan fingerprint density at radius 1 is 1.43 bits per heavy atom. The van der Waals surface area contributed by atoms with E-state index in [1.807, 2.05) is 0 Å². The molecular weight excluding hydrogens is 186 g/mol. The number of aliphatic hydroxyl groups is 1. The number of carboxylic acids is 1. The Labute approximate surface area is 82.1 Å². The zero-order valence-electron chi connectivity index (χ0n) is 8.06. The number of hydrogen-bond donors (Lipinski definition) is 3. The van der Waals surface area contributed by atoms with Crippen LogP contribution in [0.4, 0.5) is 0 Å². The van der Waals surface area contributed by atoms with Crippen molar-refractivity contribution in [3.63, 3.8) is 0 Å². The van der Waals surface area contributed by atoms with Crippen LogP contribution in [0.25, 0.3) is 0 Å². The molecule has 0 aromatic carbocycles. The number of carboxylic acid groups (broad SMARTS) is 1. The van der Waals surface area contributed by atoms with Gasteiger partial charge in [0.05, 0.1) is 6.10 Å². The van der Waals surface area contributed by atoms with Crippen LogP contribution in [0.1, 0.15) is 26.2 Å². The minimum atomic E-state index is -1.03. The molecule has 0 spiro atoms. The summed E-state index contributed by atoms with van der Waals surface area (Å²) < 4.78 is 0. The van der Waals surface area contributed by atoms with Gasteiger partial charge in [0.2, 0.25) is 5.91 Å². The first-order valence-electron chi connectivity index (χ1n) is 4.68. The number of nitrogens with one attached hydrogen (secondary N) is 1. The summed E-state index contributed by atoms with van der Waals surface area (Å²) in [5, 5.41) is 20.5. The number of aliphatic hydroxyl groups excluding tert-OH is 1. The minimum absolute atomic E-state index is 0.147. The number of carbonyl (C=O) groups excluding carboxylic acids is 1. The third-order valence-electron chi connectivity index (χ3n) is 2.54. The van der Waals surface area contributed by atoms with Crippen LogP contribution in [0, 0.1) is 5.92 Å². The molecule has 1 amide bonds. The smallest absolute Gasteiger partial charge is 0.326 e. The molecule has 0 bridgehead atoms. The van der Waals surface area contributed by atoms with E-state index in [-0.39, 0.29) is 11.8 Å². The van der Waals surface area contributed by atoms with E-state index in [4.69, 9.17) is 5.11 Å². The molecule has 5 heteroatoms. The first-order chi connectivity index (χ1) is 6.50. The Morgan fingerprint density at radius 2 is 2.07 bits per heavy atom. The summed E-state index contributed by atoms with van der Waals surface area (Å²) in [6.07, 6.45) is 1.31. The fourth-order valence-electron chi connectivity index (χ4n) is 1.89. The third-order valence-corrected chi connectivity index (χ3v) is 2.54. The van der Waals surface area contributed by atoms with Gasteiger partial charge in [0.15, 0.2) is 0 Å². The zero-order valence-corrected chi connectivity index (χ0v) is 8.06. The van der Waals surface area contributed by atoms with E-state index < -0.39 is 18.1 Å². The SMILES string of the molecule is CC(=O)NC(C(=O)O)C1CCC(O)C1. The van der Waals surface area contributed by atoms with Crippen molar-refractivity contribution in [3.05, 3.63) is 0 Å². The van der Waals surface area contributed by atoms with Crippen molar-refractivity contribution in [3.8, 4) is 0 Å². The monoisotopic (exact) mass is 201 g/mol. The van der Waals surface area contributed by atoms with E-state index in [2.05, 4.69) is 5.32 Å². The number of aliphatic carboxylic acids is 1. The highest BCUT2D eigenvalue weighted by molar-refractivity contribution is 5.82. The van der Waals surface area contributed by atoms with Crippen LogP contribution in [-0.4, -0.2) is 34.2 Å². The predicted molar refractivity (Wildman–Crippen MR) is 48.6 cm³/mol. The van der Waals surface area contributed by atoms with Crippen molar-refractivity contribution < 1.29 is 19.8 Å². The lowest BCUT2D eigenvalue weighted by atomic mass is 9.98. The van der Waals surface area contributed by atoms with Crippen LogP contribution in [0.3, 0.4) is 0 Å². The standard InChI is InChI=1S/C9H15NO4/c1-5(11)10-8(9(13)14)6-2-3-7(12)4-6/h6-8,12H,2-4H2,1H3,(H,10,11)(H,13,14). The second-order valence-electron chi connectivity index (χ2n) is 3.74. The van der Waals surface area contributed by atoms with Crippen LogP contribution in [0.2, 0.25) is 0 Å². The third kappa shape index (κ3) is 2.70. The van der Waals surface area contributed by atoms with Gasteiger partial charge in [-0.25, -0.2) is 4.79 Å². The largest absolute Gasteiger partial charge is 0.480 e. The van der Waals surface area contributed by atoms with E-state index in [1.165, 1.54) is 6.92 Å². The molecule has 0 aromatic heterocycles. The molecule has 3 atom stereocenters. The average molecular weight is 201 g/mol. The van der Waals surface area contributed by atoms with Gasteiger partial charge in [0.1, 0.15) is 6.04 Å². The summed E-state index contributed by atoms with van der Waals surface area (Å²) in [6.45, 7) is 1.29. The zero-order chi connectivity index (χ0) is 10.7. The van der Waals surface area contributed by atoms with Crippen LogP contribution >= 0.6 is 0 Å². The highest BCUT2D eigenvalue weighted by Gasteiger charge is 2.34. The van der Waals surface area contributed by atoms with E-state index in [9.17, 15) is 14.7 Å². The molecule has 3 unspecified atom stereocenters. The van der Waals surface area contributed by atoms with Crippen LogP contribution in [0.15, 0.2) is 0 Å². The Kier molecular flexibility index (Phi) is 3.46. The van der Waals surface area contributed by atoms with Crippen molar-refractivity contribution in [1.82, 2.24) is 5.32 Å². The molecule has 0 heterocycles. The maximum Gasteiger partial charge on any atom is 0.326 e. The molecule has 14 heavy (non-hydrogen) atoms. The highest BCUT2D eigenvalue weighted by Crippen LogP contribution is 2.28. The summed E-state index contributed by atoms with van der Waals surface area (Å²) >= 11 is 0. The van der Waals surface area contributed by atoms with Gasteiger partial charge >= 0.3 is 5.97 Å². The molecule has 0 radical (unpaired) electrons. The molecule has 1 saturated carbocycles. The molecule has 1 rings (SSSR count). The van der Waals surface area contributed by atoms with Gasteiger partial charge in [-0.2, -0.15) is 0 Å². The van der Waals surface area contributed by atoms with Gasteiger partial charge in [-0.05, 0) is 25.2 Å². The van der Waals surface area contributed by atoms with Gasteiger partial charge in [0, 0.05) is 6.92 Å². The maximum absolute atomic E-state index is 10.8. The van der Waals surface area contributed by atoms with Crippen molar-refractivity contribution in [2.75, 3.05) is 0 Å². The first kappa shape index (κ1) is 11.0. The lowest BCUT2D eigenvalue weighted by Crippen LogP contribution is -2.44. The fourth-order valence-corrected chi connectivity index (χ4v) is 1.89. The van der Waals surface area contributed by atoms with Gasteiger partial charge in [-0.3, -0.25) is 4.79 Å². The first-order valence-corrected chi connectivity index (χ1v) is 4.68. The molecule has 5 nitrogen and oxygen atoms in total. The summed E-state index contributed by atoms with van der Waals surface area (Å²) in [5.74, 6) is -1.52. The van der Waals surface area contributed by atoms with Gasteiger partial charge in [-0.1, -0.05) is 0 Å². The molecule has 1 fully saturated rings. The van der Waals surface area contributed by atoms with E-state index in [1.54, 1.807) is 0 Å². The summed E-state index contributed by atoms with van der Waals surface area (Å²) in [5.41, 5.74) is 0. The summed E-state index contributed by atoms with van der Waals surface area (Å²) in [7, 11) is 0. The lowest BCUT2D eigenvalue weighted by Gasteiger charge is -2.19. The Morgan fingerprint density at radius 3 is 2.43 bits per heavy atom. The Balaban J connectivity index is 2.58. The second-order valence-corrected chi connectivity index (χ2v) is 3.74. The maximum atomic E-state index is 10.8. The molecule has 80 valence electrons. The van der Waals surface area contributed by atoms with Gasteiger partial charge in [-0.15, -0.1) is 0 Å². The Bertz CT molecular complexity index is 241. The normalized spacial score (nSPS) is 28.4. The Hall–Kier alpha value is -1.10. The summed E-state index contributed by atoms with van der Waals surface area (Å²) in [4.78, 5) is 21.6. The van der Waals surface area contributed by atoms with Crippen LogP contribution < -0.4 is 5.32 Å².